The van der Waals surface area contributed by atoms with Crippen molar-refractivity contribution < 1.29 is 9.47 Å². The molecule has 0 spiro atoms. The highest BCUT2D eigenvalue weighted by atomic mass is 16.5. The zero-order valence-corrected chi connectivity index (χ0v) is 11.9. The molecule has 0 saturated carbocycles. The molecule has 2 rings (SSSR count). The molecule has 1 fully saturated rings. The molecule has 1 aliphatic rings. The lowest BCUT2D eigenvalue weighted by Gasteiger charge is -2.19. The number of hydrogen-bond donors (Lipinski definition) is 1. The van der Waals surface area contributed by atoms with Crippen molar-refractivity contribution in [2.45, 2.75) is 45.9 Å². The Hall–Kier alpha value is -1.06. The van der Waals surface area contributed by atoms with E-state index >= 15 is 0 Å². The van der Waals surface area contributed by atoms with Crippen LogP contribution in [0.2, 0.25) is 0 Å². The molecule has 3 heteroatoms. The molecule has 0 bridgehead atoms. The van der Waals surface area contributed by atoms with E-state index in [9.17, 15) is 0 Å². The van der Waals surface area contributed by atoms with Crippen LogP contribution in [-0.2, 0) is 4.74 Å². The van der Waals surface area contributed by atoms with Gasteiger partial charge in [0.2, 0.25) is 0 Å². The van der Waals surface area contributed by atoms with Gasteiger partial charge in [0.25, 0.3) is 0 Å². The fourth-order valence-electron chi connectivity index (χ4n) is 2.49. The summed E-state index contributed by atoms with van der Waals surface area (Å²) in [6.45, 7) is 9.42. The van der Waals surface area contributed by atoms with Gasteiger partial charge in [0, 0.05) is 6.54 Å². The first-order valence-corrected chi connectivity index (χ1v) is 6.60. The third-order valence-corrected chi connectivity index (χ3v) is 3.55. The van der Waals surface area contributed by atoms with Gasteiger partial charge in [-0.05, 0) is 48.6 Å². The number of nitrogens with one attached hydrogen (secondary N) is 1. The van der Waals surface area contributed by atoms with Gasteiger partial charge in [-0.1, -0.05) is 13.8 Å². The summed E-state index contributed by atoms with van der Waals surface area (Å²) in [4.78, 5) is 0. The van der Waals surface area contributed by atoms with Crippen LogP contribution < -0.4 is 10.1 Å². The Morgan fingerprint density at radius 1 is 1.39 bits per heavy atom. The standard InChI is InChI=1S/C15H23NO2/c1-9(2)12-7-13(10(3)6-14(12)17-5)15-8-16-11(4)18-15/h6-7,9,11,15-16H,8H2,1-5H3. The number of benzene rings is 1. The summed E-state index contributed by atoms with van der Waals surface area (Å²) in [6.07, 6.45) is 0.294. The Bertz CT molecular complexity index is 429. The second-order valence-electron chi connectivity index (χ2n) is 5.28. The van der Waals surface area contributed by atoms with Gasteiger partial charge >= 0.3 is 0 Å². The van der Waals surface area contributed by atoms with E-state index in [-0.39, 0.29) is 12.3 Å². The summed E-state index contributed by atoms with van der Waals surface area (Å²) >= 11 is 0. The summed E-state index contributed by atoms with van der Waals surface area (Å²) < 4.78 is 11.4. The van der Waals surface area contributed by atoms with Crippen molar-refractivity contribution in [1.82, 2.24) is 5.32 Å². The van der Waals surface area contributed by atoms with Crippen LogP contribution in [0, 0.1) is 6.92 Å². The number of methoxy groups -OCH3 is 1. The van der Waals surface area contributed by atoms with Crippen molar-refractivity contribution in [1.29, 1.82) is 0 Å². The van der Waals surface area contributed by atoms with Crippen LogP contribution in [0.25, 0.3) is 0 Å². The highest BCUT2D eigenvalue weighted by molar-refractivity contribution is 5.45. The zero-order valence-electron chi connectivity index (χ0n) is 11.9. The molecule has 1 aromatic carbocycles. The van der Waals surface area contributed by atoms with Gasteiger partial charge in [0.15, 0.2) is 0 Å². The molecule has 1 N–H and O–H groups in total. The molecule has 0 amide bonds. The minimum Gasteiger partial charge on any atom is -0.496 e. The molecule has 1 heterocycles. The Morgan fingerprint density at radius 3 is 2.61 bits per heavy atom. The monoisotopic (exact) mass is 249 g/mol. The summed E-state index contributed by atoms with van der Waals surface area (Å²) in [5.74, 6) is 1.43. The number of rotatable bonds is 3. The molecule has 0 radical (unpaired) electrons. The first kappa shape index (κ1) is 13.4. The predicted molar refractivity (Wildman–Crippen MR) is 73.1 cm³/mol. The number of aryl methyl sites for hydroxylation is 1. The first-order valence-electron chi connectivity index (χ1n) is 6.60. The molecular formula is C15H23NO2. The smallest absolute Gasteiger partial charge is 0.122 e. The summed E-state index contributed by atoms with van der Waals surface area (Å²) in [6, 6.07) is 4.36. The average Bonchev–Trinajstić information content (AvgIpc) is 2.74. The van der Waals surface area contributed by atoms with E-state index in [1.165, 1.54) is 16.7 Å². The number of ether oxygens (including phenoxy) is 2. The summed E-state index contributed by atoms with van der Waals surface area (Å²) in [5.41, 5.74) is 3.76. The number of hydrogen-bond acceptors (Lipinski definition) is 3. The van der Waals surface area contributed by atoms with Crippen molar-refractivity contribution in [2.24, 2.45) is 0 Å². The van der Waals surface area contributed by atoms with Gasteiger partial charge in [0.05, 0.1) is 13.2 Å². The minimum absolute atomic E-state index is 0.138. The van der Waals surface area contributed by atoms with Crippen LogP contribution in [0.5, 0.6) is 5.75 Å². The van der Waals surface area contributed by atoms with Gasteiger partial charge in [-0.2, -0.15) is 0 Å². The molecule has 1 aromatic rings. The molecule has 18 heavy (non-hydrogen) atoms. The molecule has 100 valence electrons. The van der Waals surface area contributed by atoms with Crippen LogP contribution in [0.3, 0.4) is 0 Å². The van der Waals surface area contributed by atoms with Gasteiger partial charge in [-0.3, -0.25) is 5.32 Å². The molecule has 2 unspecified atom stereocenters. The highest BCUT2D eigenvalue weighted by Gasteiger charge is 2.25. The maximum absolute atomic E-state index is 5.88. The SMILES string of the molecule is COc1cc(C)c(C2CNC(C)O2)cc1C(C)C. The lowest BCUT2D eigenvalue weighted by atomic mass is 9.94. The van der Waals surface area contributed by atoms with E-state index in [4.69, 9.17) is 9.47 Å². The Morgan fingerprint density at radius 2 is 2.11 bits per heavy atom. The van der Waals surface area contributed by atoms with Crippen molar-refractivity contribution in [3.8, 4) is 5.75 Å². The van der Waals surface area contributed by atoms with E-state index in [2.05, 4.69) is 38.2 Å². The molecular weight excluding hydrogens is 226 g/mol. The van der Waals surface area contributed by atoms with Crippen molar-refractivity contribution in [2.75, 3.05) is 13.7 Å². The molecule has 1 aliphatic heterocycles. The molecule has 2 atom stereocenters. The van der Waals surface area contributed by atoms with Crippen LogP contribution in [-0.4, -0.2) is 19.9 Å². The van der Waals surface area contributed by atoms with E-state index in [0.29, 0.717) is 5.92 Å². The topological polar surface area (TPSA) is 30.5 Å². The third kappa shape index (κ3) is 2.52. The zero-order chi connectivity index (χ0) is 13.3. The predicted octanol–water partition coefficient (Wildman–Crippen LogP) is 3.13. The van der Waals surface area contributed by atoms with E-state index in [0.717, 1.165) is 12.3 Å². The van der Waals surface area contributed by atoms with E-state index < -0.39 is 0 Å². The largest absolute Gasteiger partial charge is 0.496 e. The molecule has 3 nitrogen and oxygen atoms in total. The van der Waals surface area contributed by atoms with Gasteiger partial charge in [0.1, 0.15) is 12.0 Å². The molecule has 1 saturated heterocycles. The first-order chi connectivity index (χ1) is 8.52. The van der Waals surface area contributed by atoms with Crippen LogP contribution in [0.1, 0.15) is 49.5 Å². The lowest BCUT2D eigenvalue weighted by Crippen LogP contribution is -2.17. The van der Waals surface area contributed by atoms with Crippen molar-refractivity contribution in [3.05, 3.63) is 28.8 Å². The van der Waals surface area contributed by atoms with Gasteiger partial charge in [-0.15, -0.1) is 0 Å². The fraction of sp³-hybridized carbons (Fsp3) is 0.600. The fourth-order valence-corrected chi connectivity index (χ4v) is 2.49. The Kier molecular flexibility index (Phi) is 3.93. The summed E-state index contributed by atoms with van der Waals surface area (Å²) in [7, 11) is 1.73. The quantitative estimate of drug-likeness (QED) is 0.892. The van der Waals surface area contributed by atoms with E-state index in [1.54, 1.807) is 7.11 Å². The van der Waals surface area contributed by atoms with Gasteiger partial charge < -0.3 is 9.47 Å². The normalized spacial score (nSPS) is 23.7. The molecule has 0 aliphatic carbocycles. The van der Waals surface area contributed by atoms with Crippen LogP contribution in [0.4, 0.5) is 0 Å². The van der Waals surface area contributed by atoms with Crippen LogP contribution >= 0.6 is 0 Å². The lowest BCUT2D eigenvalue weighted by molar-refractivity contribution is 0.0525. The minimum atomic E-state index is 0.138. The maximum atomic E-state index is 5.88. The second-order valence-corrected chi connectivity index (χ2v) is 5.28. The highest BCUT2D eigenvalue weighted by Crippen LogP contribution is 2.34. The van der Waals surface area contributed by atoms with Gasteiger partial charge in [-0.25, -0.2) is 0 Å². The van der Waals surface area contributed by atoms with E-state index in [1.807, 2.05) is 6.92 Å². The average molecular weight is 249 g/mol. The molecule has 0 aromatic heterocycles. The van der Waals surface area contributed by atoms with Crippen molar-refractivity contribution in [3.63, 3.8) is 0 Å². The Balaban J connectivity index is 2.38. The van der Waals surface area contributed by atoms with Crippen molar-refractivity contribution >= 4 is 0 Å². The Labute approximate surface area is 109 Å². The second kappa shape index (κ2) is 5.29. The summed E-state index contributed by atoms with van der Waals surface area (Å²) in [5, 5.41) is 3.32. The maximum Gasteiger partial charge on any atom is 0.122 e. The van der Waals surface area contributed by atoms with Crippen LogP contribution in [0.15, 0.2) is 12.1 Å². The third-order valence-electron chi connectivity index (χ3n) is 3.55.